The van der Waals surface area contributed by atoms with Crippen LogP contribution in [0.3, 0.4) is 0 Å². The minimum Gasteiger partial charge on any atom is -0.507 e. The molecule has 0 saturated heterocycles. The summed E-state index contributed by atoms with van der Waals surface area (Å²) in [7, 11) is 0. The van der Waals surface area contributed by atoms with Crippen molar-refractivity contribution in [2.24, 2.45) is 0 Å². The van der Waals surface area contributed by atoms with Crippen molar-refractivity contribution in [3.8, 4) is 5.75 Å². The molecule has 0 aliphatic carbocycles. The van der Waals surface area contributed by atoms with E-state index in [2.05, 4.69) is 76.0 Å². The summed E-state index contributed by atoms with van der Waals surface area (Å²) in [4.78, 5) is 0. The lowest BCUT2D eigenvalue weighted by Crippen LogP contribution is -2.17. The van der Waals surface area contributed by atoms with Crippen molar-refractivity contribution in [3.63, 3.8) is 0 Å². The number of hydrogen-bond acceptors (Lipinski definition) is 3. The number of aryl methyl sites for hydroxylation is 1. The Morgan fingerprint density at radius 1 is 0.885 bits per heavy atom. The van der Waals surface area contributed by atoms with E-state index in [-0.39, 0.29) is 10.8 Å². The van der Waals surface area contributed by atoms with Gasteiger partial charge in [0.25, 0.3) is 0 Å². The molecular weight excluding hydrogens is 322 g/mol. The van der Waals surface area contributed by atoms with E-state index in [0.29, 0.717) is 5.75 Å². The van der Waals surface area contributed by atoms with Gasteiger partial charge in [0.05, 0.1) is 0 Å². The Balaban J connectivity index is 0.000000223. The number of nitrogens with zero attached hydrogens (tertiary/aromatic N) is 2. The normalized spacial score (nSPS) is 12.0. The topological polar surface area (TPSA) is 61.8 Å². The number of benzene rings is 2. The molecule has 0 bridgehead atoms. The molecule has 0 amide bonds. The van der Waals surface area contributed by atoms with E-state index >= 15 is 0 Å². The first-order valence-electron chi connectivity index (χ1n) is 9.16. The van der Waals surface area contributed by atoms with Gasteiger partial charge in [-0.25, -0.2) is 0 Å². The van der Waals surface area contributed by atoms with E-state index in [9.17, 15) is 5.11 Å². The van der Waals surface area contributed by atoms with Crippen molar-refractivity contribution in [3.05, 3.63) is 53.1 Å². The van der Waals surface area contributed by atoms with Gasteiger partial charge in [0.1, 0.15) is 16.8 Å². The summed E-state index contributed by atoms with van der Waals surface area (Å²) in [5, 5.41) is 20.6. The highest BCUT2D eigenvalue weighted by molar-refractivity contribution is 5.72. The van der Waals surface area contributed by atoms with Gasteiger partial charge in [0.2, 0.25) is 0 Å². The second-order valence-electron chi connectivity index (χ2n) is 8.70. The predicted molar refractivity (Wildman–Crippen MR) is 109 cm³/mol. The number of fused-ring (bicyclic) bond motifs is 1. The first-order chi connectivity index (χ1) is 12.0. The lowest BCUT2D eigenvalue weighted by Gasteiger charge is -2.27. The molecule has 0 spiro atoms. The number of rotatable bonds is 1. The monoisotopic (exact) mass is 353 g/mol. The standard InChI is InChI=1S/C16H26O.C6H5N3/c1-8-11-9-12(15(2,3)4)10-13(14(11)17)16(5,6)7;1-2-4-6-5(3-1)7-9-8-6/h9-10,17H,8H2,1-7H3;1-4H,(H,7,8,9). The van der Waals surface area contributed by atoms with Crippen LogP contribution >= 0.6 is 0 Å². The molecule has 0 radical (unpaired) electrons. The largest absolute Gasteiger partial charge is 0.507 e. The average Bonchev–Trinajstić information content (AvgIpc) is 3.02. The molecule has 0 aliphatic heterocycles. The SMILES string of the molecule is CCc1cc(C(C)(C)C)cc(C(C)(C)C)c1O.c1ccc2n[nH]nc2c1. The maximum absolute atomic E-state index is 10.3. The highest BCUT2D eigenvalue weighted by atomic mass is 16.3. The van der Waals surface area contributed by atoms with Crippen LogP contribution in [0.1, 0.15) is 65.2 Å². The number of H-pyrrole nitrogens is 1. The second-order valence-corrected chi connectivity index (χ2v) is 8.70. The highest BCUT2D eigenvalue weighted by Crippen LogP contribution is 2.37. The third-order valence-electron chi connectivity index (χ3n) is 4.47. The van der Waals surface area contributed by atoms with Crippen LogP contribution in [0.4, 0.5) is 0 Å². The van der Waals surface area contributed by atoms with Gasteiger partial charge in [-0.3, -0.25) is 0 Å². The lowest BCUT2D eigenvalue weighted by atomic mass is 9.78. The minimum absolute atomic E-state index is 0.0186. The van der Waals surface area contributed by atoms with Crippen molar-refractivity contribution < 1.29 is 5.11 Å². The summed E-state index contributed by atoms with van der Waals surface area (Å²) in [5.74, 6) is 0.480. The van der Waals surface area contributed by atoms with Gasteiger partial charge in [-0.1, -0.05) is 72.7 Å². The maximum atomic E-state index is 10.3. The first-order valence-corrected chi connectivity index (χ1v) is 9.16. The smallest absolute Gasteiger partial charge is 0.122 e. The third-order valence-corrected chi connectivity index (χ3v) is 4.47. The van der Waals surface area contributed by atoms with Gasteiger partial charge in [-0.2, -0.15) is 15.4 Å². The van der Waals surface area contributed by atoms with Crippen molar-refractivity contribution in [1.29, 1.82) is 0 Å². The van der Waals surface area contributed by atoms with Crippen LogP contribution < -0.4 is 0 Å². The molecule has 0 aliphatic rings. The van der Waals surface area contributed by atoms with Crippen molar-refractivity contribution in [2.45, 2.75) is 65.7 Å². The van der Waals surface area contributed by atoms with Crippen LogP contribution in [0.15, 0.2) is 36.4 Å². The Hall–Kier alpha value is -2.36. The van der Waals surface area contributed by atoms with Crippen LogP contribution in [0, 0.1) is 0 Å². The van der Waals surface area contributed by atoms with Crippen molar-refractivity contribution >= 4 is 11.0 Å². The molecule has 1 aromatic heterocycles. The Morgan fingerprint density at radius 3 is 1.85 bits per heavy atom. The Labute approximate surface area is 156 Å². The van der Waals surface area contributed by atoms with E-state index in [4.69, 9.17) is 0 Å². The molecule has 140 valence electrons. The summed E-state index contributed by atoms with van der Waals surface area (Å²) in [5.41, 5.74) is 5.35. The van der Waals surface area contributed by atoms with Crippen molar-refractivity contribution in [2.75, 3.05) is 0 Å². The van der Waals surface area contributed by atoms with E-state index in [0.717, 1.165) is 28.6 Å². The Bertz CT molecular complexity index is 837. The summed E-state index contributed by atoms with van der Waals surface area (Å²) < 4.78 is 0. The number of aromatic amines is 1. The summed E-state index contributed by atoms with van der Waals surface area (Å²) in [6, 6.07) is 12.0. The summed E-state index contributed by atoms with van der Waals surface area (Å²) >= 11 is 0. The number of aromatic hydroxyl groups is 1. The number of aromatic nitrogens is 3. The van der Waals surface area contributed by atoms with Gasteiger partial charge in [-0.05, 0) is 46.1 Å². The summed E-state index contributed by atoms with van der Waals surface area (Å²) in [6.07, 6.45) is 0.874. The molecule has 0 atom stereocenters. The van der Waals surface area contributed by atoms with E-state index in [1.165, 1.54) is 5.56 Å². The molecule has 3 rings (SSSR count). The van der Waals surface area contributed by atoms with Crippen LogP contribution in [0.25, 0.3) is 11.0 Å². The zero-order valence-corrected chi connectivity index (χ0v) is 17.0. The molecule has 0 saturated carbocycles. The molecule has 2 aromatic carbocycles. The predicted octanol–water partition coefficient (Wildman–Crippen LogP) is 5.51. The van der Waals surface area contributed by atoms with Gasteiger partial charge >= 0.3 is 0 Å². The molecule has 4 nitrogen and oxygen atoms in total. The molecule has 1 heterocycles. The quantitative estimate of drug-likeness (QED) is 0.606. The third kappa shape index (κ3) is 4.63. The molecular formula is C22H31N3O. The molecule has 3 aromatic rings. The fraction of sp³-hybridized carbons (Fsp3) is 0.455. The van der Waals surface area contributed by atoms with E-state index in [1.807, 2.05) is 24.3 Å². The van der Waals surface area contributed by atoms with Gasteiger partial charge in [0.15, 0.2) is 0 Å². The van der Waals surface area contributed by atoms with E-state index < -0.39 is 0 Å². The van der Waals surface area contributed by atoms with Crippen molar-refractivity contribution in [1.82, 2.24) is 15.4 Å². The fourth-order valence-corrected chi connectivity index (χ4v) is 2.75. The van der Waals surface area contributed by atoms with Crippen LogP contribution in [-0.2, 0) is 17.3 Å². The average molecular weight is 354 g/mol. The van der Waals surface area contributed by atoms with E-state index in [1.54, 1.807) is 0 Å². The fourth-order valence-electron chi connectivity index (χ4n) is 2.75. The van der Waals surface area contributed by atoms with Crippen LogP contribution in [0.2, 0.25) is 0 Å². The number of hydrogen-bond donors (Lipinski definition) is 2. The number of nitrogens with one attached hydrogen (secondary N) is 1. The summed E-state index contributed by atoms with van der Waals surface area (Å²) in [6.45, 7) is 15.2. The Kier molecular flexibility index (Phi) is 5.74. The highest BCUT2D eigenvalue weighted by Gasteiger charge is 2.24. The molecule has 2 N–H and O–H groups in total. The van der Waals surface area contributed by atoms with Crippen LogP contribution in [0.5, 0.6) is 5.75 Å². The minimum atomic E-state index is -0.0186. The van der Waals surface area contributed by atoms with Gasteiger partial charge in [-0.15, -0.1) is 0 Å². The Morgan fingerprint density at radius 2 is 1.42 bits per heavy atom. The number of para-hydroxylation sites is 2. The lowest BCUT2D eigenvalue weighted by molar-refractivity contribution is 0.438. The maximum Gasteiger partial charge on any atom is 0.122 e. The zero-order valence-electron chi connectivity index (χ0n) is 17.0. The molecule has 0 unspecified atom stereocenters. The molecule has 0 fully saturated rings. The van der Waals surface area contributed by atoms with Crippen LogP contribution in [-0.4, -0.2) is 20.5 Å². The number of phenols is 1. The first kappa shape index (κ1) is 20.0. The number of phenolic OH excluding ortho intramolecular Hbond substituents is 1. The van der Waals surface area contributed by atoms with Gasteiger partial charge in [0, 0.05) is 0 Å². The second kappa shape index (κ2) is 7.48. The molecule has 26 heavy (non-hydrogen) atoms. The molecule has 4 heteroatoms. The van der Waals surface area contributed by atoms with Gasteiger partial charge < -0.3 is 5.11 Å². The zero-order chi connectivity index (χ0) is 19.5.